The third-order valence-corrected chi connectivity index (χ3v) is 18.5. The Balaban J connectivity index is 0.919. The second kappa shape index (κ2) is 25.5. The van der Waals surface area contributed by atoms with Gasteiger partial charge in [0.05, 0.1) is 68.6 Å². The van der Waals surface area contributed by atoms with Crippen LogP contribution in [0.15, 0.2) is 73.1 Å². The molecule has 28 heteroatoms. The summed E-state index contributed by atoms with van der Waals surface area (Å²) in [6.07, 6.45) is -8.99. The van der Waals surface area contributed by atoms with Gasteiger partial charge < -0.3 is 50.2 Å². The molecule has 8 unspecified atom stereocenters. The van der Waals surface area contributed by atoms with Gasteiger partial charge in [0.1, 0.15) is 35.4 Å². The molecular formula is C60H73F8N11O9. The van der Waals surface area contributed by atoms with Crippen molar-refractivity contribution in [3.05, 3.63) is 95.8 Å². The molecule has 20 nitrogen and oxygen atoms in total. The van der Waals surface area contributed by atoms with Gasteiger partial charge in [-0.2, -0.15) is 26.3 Å². The highest BCUT2D eigenvalue weighted by atomic mass is 19.4. The number of hydrogen-bond acceptors (Lipinski definition) is 15. The number of benzene rings is 2. The van der Waals surface area contributed by atoms with Gasteiger partial charge in [0.15, 0.2) is 0 Å². The van der Waals surface area contributed by atoms with Gasteiger partial charge in [-0.3, -0.25) is 24.8 Å². The molecule has 2 aromatic carbocycles. The number of fused-ring (bicyclic) bond motifs is 4. The van der Waals surface area contributed by atoms with E-state index in [0.29, 0.717) is 110 Å². The third kappa shape index (κ3) is 13.5. The van der Waals surface area contributed by atoms with Gasteiger partial charge in [-0.1, -0.05) is 24.3 Å². The molecule has 6 aliphatic heterocycles. The van der Waals surface area contributed by atoms with Crippen LogP contribution in [0.3, 0.4) is 0 Å². The Morgan fingerprint density at radius 2 is 1.08 bits per heavy atom. The molecule has 6 fully saturated rings. The number of anilines is 2. The van der Waals surface area contributed by atoms with Gasteiger partial charge in [0, 0.05) is 92.5 Å². The number of amides is 4. The summed E-state index contributed by atoms with van der Waals surface area (Å²) < 4.78 is 136. The molecule has 4 bridgehead atoms. The average Bonchev–Trinajstić information content (AvgIpc) is 1.59. The molecule has 8 atom stereocenters. The van der Waals surface area contributed by atoms with E-state index in [-0.39, 0.29) is 5.56 Å². The topological polar surface area (TPSA) is 227 Å². The molecule has 0 spiro atoms. The number of aromatic nitrogens is 2. The van der Waals surface area contributed by atoms with Crippen LogP contribution in [0.1, 0.15) is 64.5 Å². The number of hydrogen-bond donors (Lipinski definition) is 6. The normalized spacial score (nSPS) is 22.5. The summed E-state index contributed by atoms with van der Waals surface area (Å²) in [7, 11) is 0.851. The number of methoxy groups -OCH3 is 1. The maximum atomic E-state index is 16.6. The summed E-state index contributed by atoms with van der Waals surface area (Å²) in [5.74, 6) is -4.20. The zero-order valence-electron chi connectivity index (χ0n) is 49.2. The number of nitrogens with zero attached hydrogens (tertiary/aromatic N) is 7. The van der Waals surface area contributed by atoms with E-state index in [1.807, 2.05) is 17.4 Å². The van der Waals surface area contributed by atoms with Crippen molar-refractivity contribution in [1.29, 1.82) is 0 Å². The molecule has 6 aliphatic rings. The lowest BCUT2D eigenvalue weighted by molar-refractivity contribution is -0.221. The highest BCUT2D eigenvalue weighted by Crippen LogP contribution is 2.43. The van der Waals surface area contributed by atoms with E-state index in [1.54, 1.807) is 47.9 Å². The number of alkyl halides is 6. The maximum Gasteiger partial charge on any atom is 0.407 e. The van der Waals surface area contributed by atoms with Gasteiger partial charge in [-0.25, -0.2) is 33.3 Å². The molecule has 88 heavy (non-hydrogen) atoms. The molecule has 0 saturated carbocycles. The van der Waals surface area contributed by atoms with Crippen LogP contribution in [0.2, 0.25) is 0 Å². The van der Waals surface area contributed by atoms with Crippen molar-refractivity contribution in [1.82, 2.24) is 46.2 Å². The minimum absolute atomic E-state index is 0.0240. The van der Waals surface area contributed by atoms with E-state index >= 15 is 8.78 Å². The number of ether oxygens (including phenoxy) is 3. The largest absolute Gasteiger partial charge is 0.465 e. The van der Waals surface area contributed by atoms with Crippen molar-refractivity contribution in [3.8, 4) is 22.3 Å². The quantitative estimate of drug-likeness (QED) is 0.0379. The van der Waals surface area contributed by atoms with Crippen LogP contribution in [0.5, 0.6) is 0 Å². The molecule has 0 aliphatic carbocycles. The summed E-state index contributed by atoms with van der Waals surface area (Å²) in [5.41, 5.74) is -2.81. The Bertz CT molecular complexity index is 3100. The molecule has 8 heterocycles. The van der Waals surface area contributed by atoms with Crippen molar-refractivity contribution in [2.24, 2.45) is 10.8 Å². The van der Waals surface area contributed by atoms with Gasteiger partial charge in [0.25, 0.3) is 5.91 Å². The summed E-state index contributed by atoms with van der Waals surface area (Å²) in [6.45, 7) is 6.18. The van der Waals surface area contributed by atoms with E-state index in [2.05, 4.69) is 40.1 Å². The van der Waals surface area contributed by atoms with Crippen molar-refractivity contribution in [3.63, 3.8) is 0 Å². The number of hydrazine groups is 1. The number of piperazine rings is 2. The number of carbonyl (C=O) groups excluding carboxylic acids is 3. The maximum absolute atomic E-state index is 16.6. The van der Waals surface area contributed by atoms with Gasteiger partial charge >= 0.3 is 24.5 Å². The summed E-state index contributed by atoms with van der Waals surface area (Å²) >= 11 is 0. The molecule has 4 amide bonds. The number of rotatable bonds is 21. The lowest BCUT2D eigenvalue weighted by Crippen LogP contribution is -2.63. The van der Waals surface area contributed by atoms with Crippen LogP contribution in [0.25, 0.3) is 22.3 Å². The Morgan fingerprint density at radius 1 is 0.636 bits per heavy atom. The van der Waals surface area contributed by atoms with Gasteiger partial charge in [-0.15, -0.1) is 0 Å². The first-order valence-corrected chi connectivity index (χ1v) is 29.3. The second-order valence-corrected chi connectivity index (χ2v) is 24.9. The van der Waals surface area contributed by atoms with E-state index in [9.17, 15) is 55.7 Å². The SMILES string of the molecule is COC(=O)NC(C(=O)NC(Cc1ccc(-c2ccc(N3CC4CCC(C3)N4C3COC3)nc2)cc1)C(O)CN(Cc1c(F)cc(-c2ccc(N3CC4CCC(C3)N4C3COC3)nc2)cc1F)NC(=O)C(NC(=O)O)C(C)(C)C(F)(F)F)C(C)(C)C(F)(F)F. The minimum atomic E-state index is -5.24. The van der Waals surface area contributed by atoms with Crippen LogP contribution in [-0.2, 0) is 36.8 Å². The highest BCUT2D eigenvalue weighted by Gasteiger charge is 2.57. The monoisotopic (exact) mass is 1240 g/mol. The van der Waals surface area contributed by atoms with E-state index in [1.165, 1.54) is 6.20 Å². The Kier molecular flexibility index (Phi) is 18.5. The number of halogens is 8. The molecule has 478 valence electrons. The van der Waals surface area contributed by atoms with Crippen LogP contribution in [0.4, 0.5) is 56.3 Å². The van der Waals surface area contributed by atoms with E-state index < -0.39 is 108 Å². The smallest absolute Gasteiger partial charge is 0.407 e. The Hall–Kier alpha value is -6.98. The fraction of sp³-hybridized carbons (Fsp3) is 0.567. The summed E-state index contributed by atoms with van der Waals surface area (Å²) in [6, 6.07) is 11.1. The summed E-state index contributed by atoms with van der Waals surface area (Å²) in [5, 5.41) is 28.3. The molecule has 6 saturated heterocycles. The standard InChI is InChI=1S/C60H73F8N11O9/c1-57(2,59(63,64)65)51(73-56(85)86-5)53(81)71-47(18-33-6-8-34(9-7-33)35-10-16-49(69-21-35)75-23-38-12-13-39(24-75)78(38)42-29-87-30-42)48(80)28-77(74-54(82)52(72-55(83)84)58(3,4)60(66,67)68)27-44-45(61)19-37(20-46(44)62)36-11-17-50(70-22-36)76-25-40-14-15-41(26-76)79(40)43-31-88-32-43/h6-11,16-17,19-22,38-43,47-48,51-52,72,80H,12-15,18,23-32H2,1-5H3,(H,71,81)(H,73,85)(H,74,82)(H,83,84). The van der Waals surface area contributed by atoms with Gasteiger partial charge in [0.2, 0.25) is 5.91 Å². The van der Waals surface area contributed by atoms with Crippen molar-refractivity contribution >= 4 is 35.6 Å². The molecular weight excluding hydrogens is 1170 g/mol. The fourth-order valence-corrected chi connectivity index (χ4v) is 13.0. The minimum Gasteiger partial charge on any atom is -0.465 e. The van der Waals surface area contributed by atoms with Crippen molar-refractivity contribution in [2.75, 3.05) is 76.1 Å². The fourth-order valence-electron chi connectivity index (χ4n) is 13.0. The van der Waals surface area contributed by atoms with Crippen LogP contribution < -0.4 is 31.2 Å². The first-order valence-electron chi connectivity index (χ1n) is 29.3. The van der Waals surface area contributed by atoms with Crippen molar-refractivity contribution < 1.29 is 78.7 Å². The lowest BCUT2D eigenvalue weighted by atomic mass is 9.82. The number of pyridine rings is 2. The number of alkyl carbamates (subject to hydrolysis) is 1. The molecule has 10 rings (SSSR count). The Morgan fingerprint density at radius 3 is 1.48 bits per heavy atom. The second-order valence-electron chi connectivity index (χ2n) is 24.9. The third-order valence-electron chi connectivity index (χ3n) is 18.5. The number of aliphatic hydroxyl groups excluding tert-OH is 1. The van der Waals surface area contributed by atoms with E-state index in [4.69, 9.17) is 14.5 Å². The van der Waals surface area contributed by atoms with Crippen LogP contribution in [0, 0.1) is 22.5 Å². The first-order chi connectivity index (χ1) is 41.6. The van der Waals surface area contributed by atoms with Crippen LogP contribution in [-0.4, -0.2) is 198 Å². The number of carbonyl (C=O) groups is 4. The average molecular weight is 1240 g/mol. The van der Waals surface area contributed by atoms with E-state index in [0.717, 1.165) is 90.1 Å². The number of nitrogens with one attached hydrogen (secondary N) is 4. The molecule has 2 aromatic heterocycles. The molecule has 6 N–H and O–H groups in total. The predicted molar refractivity (Wildman–Crippen MR) is 304 cm³/mol. The Labute approximate surface area is 503 Å². The zero-order chi connectivity index (χ0) is 63.2. The highest BCUT2D eigenvalue weighted by molar-refractivity contribution is 5.87. The zero-order valence-corrected chi connectivity index (χ0v) is 49.2. The number of carboxylic acid groups (broad SMARTS) is 1. The predicted octanol–water partition coefficient (Wildman–Crippen LogP) is 6.65. The van der Waals surface area contributed by atoms with Crippen LogP contribution >= 0.6 is 0 Å². The lowest BCUT2D eigenvalue weighted by Gasteiger charge is -2.48. The van der Waals surface area contributed by atoms with Gasteiger partial charge in [-0.05, 0) is 113 Å². The van der Waals surface area contributed by atoms with Crippen molar-refractivity contribution in [2.45, 2.75) is 139 Å². The number of aliphatic hydroxyl groups is 1. The molecule has 4 aromatic rings. The summed E-state index contributed by atoms with van der Waals surface area (Å²) in [4.78, 5) is 71.8. The molecule has 0 radical (unpaired) electrons. The first kappa shape index (κ1) is 64.0.